The summed E-state index contributed by atoms with van der Waals surface area (Å²) in [5, 5.41) is 9.05. The summed E-state index contributed by atoms with van der Waals surface area (Å²) in [7, 11) is 0. The summed E-state index contributed by atoms with van der Waals surface area (Å²) in [5.74, 6) is -0.814. The van der Waals surface area contributed by atoms with E-state index in [1.54, 1.807) is 0 Å². The van der Waals surface area contributed by atoms with Crippen LogP contribution in [0.15, 0.2) is 30.3 Å². The molecule has 1 aromatic carbocycles. The van der Waals surface area contributed by atoms with E-state index in [9.17, 15) is 4.79 Å². The van der Waals surface area contributed by atoms with Gasteiger partial charge >= 0.3 is 5.97 Å². The molecule has 2 rings (SSSR count). The zero-order valence-electron chi connectivity index (χ0n) is 7.10. The predicted molar refractivity (Wildman–Crippen MR) is 48.3 cm³/mol. The zero-order chi connectivity index (χ0) is 9.47. The summed E-state index contributed by atoms with van der Waals surface area (Å²) in [6.07, 6.45) is 0.548. The maximum Gasteiger partial charge on any atom is 0.315 e. The molecule has 0 bridgehead atoms. The summed E-state index contributed by atoms with van der Waals surface area (Å²) < 4.78 is 0. The highest BCUT2D eigenvalue weighted by atomic mass is 16.4. The van der Waals surface area contributed by atoms with Gasteiger partial charge in [-0.3, -0.25) is 4.79 Å². The Labute approximate surface area is 76.2 Å². The van der Waals surface area contributed by atoms with E-state index in [1.807, 2.05) is 30.3 Å². The first-order chi connectivity index (χ1) is 6.18. The van der Waals surface area contributed by atoms with Gasteiger partial charge < -0.3 is 10.8 Å². The monoisotopic (exact) mass is 177 g/mol. The standard InChI is InChI=1S/C10H11NO2/c11-8-6-10(8,9(12)13)7-4-2-1-3-5-7/h1-5,8H,6,11H2,(H,12,13)/t8-,10-/m1/s1. The highest BCUT2D eigenvalue weighted by molar-refractivity contribution is 5.86. The second-order valence-electron chi connectivity index (χ2n) is 3.45. The van der Waals surface area contributed by atoms with E-state index in [0.29, 0.717) is 6.42 Å². The van der Waals surface area contributed by atoms with Crippen LogP contribution in [-0.4, -0.2) is 17.1 Å². The summed E-state index contributed by atoms with van der Waals surface area (Å²) in [4.78, 5) is 11.0. The van der Waals surface area contributed by atoms with Crippen LogP contribution in [0.3, 0.4) is 0 Å². The van der Waals surface area contributed by atoms with E-state index in [4.69, 9.17) is 10.8 Å². The van der Waals surface area contributed by atoms with E-state index in [1.165, 1.54) is 0 Å². The average Bonchev–Trinajstić information content (AvgIpc) is 2.80. The van der Waals surface area contributed by atoms with Gasteiger partial charge in [-0.15, -0.1) is 0 Å². The van der Waals surface area contributed by atoms with E-state index >= 15 is 0 Å². The molecule has 0 aliphatic heterocycles. The molecule has 1 saturated carbocycles. The second kappa shape index (κ2) is 2.57. The van der Waals surface area contributed by atoms with Crippen LogP contribution in [0.4, 0.5) is 0 Å². The number of carboxylic acid groups (broad SMARTS) is 1. The lowest BCUT2D eigenvalue weighted by Gasteiger charge is -2.10. The quantitative estimate of drug-likeness (QED) is 0.700. The molecule has 0 heterocycles. The third-order valence-corrected chi connectivity index (χ3v) is 2.69. The zero-order valence-corrected chi connectivity index (χ0v) is 7.10. The molecule has 1 aliphatic carbocycles. The fraction of sp³-hybridized carbons (Fsp3) is 0.300. The number of rotatable bonds is 2. The Morgan fingerprint density at radius 2 is 2.00 bits per heavy atom. The SMILES string of the molecule is N[C@@H]1C[C@@]1(C(=O)O)c1ccccc1. The third kappa shape index (κ3) is 1.04. The lowest BCUT2D eigenvalue weighted by Crippen LogP contribution is -2.27. The predicted octanol–water partition coefficient (Wildman–Crippen LogP) is 0.740. The van der Waals surface area contributed by atoms with Crippen LogP contribution in [0.2, 0.25) is 0 Å². The van der Waals surface area contributed by atoms with Crippen molar-refractivity contribution in [3.8, 4) is 0 Å². The van der Waals surface area contributed by atoms with Crippen molar-refractivity contribution >= 4 is 5.97 Å². The molecule has 0 amide bonds. The van der Waals surface area contributed by atoms with Crippen LogP contribution in [0, 0.1) is 0 Å². The molecule has 3 nitrogen and oxygen atoms in total. The number of carbonyl (C=O) groups is 1. The molecule has 3 N–H and O–H groups in total. The van der Waals surface area contributed by atoms with E-state index < -0.39 is 11.4 Å². The van der Waals surface area contributed by atoms with Crippen LogP contribution in [0.1, 0.15) is 12.0 Å². The van der Waals surface area contributed by atoms with Gasteiger partial charge in [-0.1, -0.05) is 30.3 Å². The van der Waals surface area contributed by atoms with E-state index in [0.717, 1.165) is 5.56 Å². The molecular weight excluding hydrogens is 166 g/mol. The minimum absolute atomic E-state index is 0.229. The number of nitrogens with two attached hydrogens (primary N) is 1. The Balaban J connectivity index is 2.40. The van der Waals surface area contributed by atoms with Crippen LogP contribution >= 0.6 is 0 Å². The number of carboxylic acids is 1. The molecule has 68 valence electrons. The van der Waals surface area contributed by atoms with E-state index in [2.05, 4.69) is 0 Å². The lowest BCUT2D eigenvalue weighted by molar-refractivity contribution is -0.140. The summed E-state index contributed by atoms with van der Waals surface area (Å²) in [6, 6.07) is 8.96. The molecule has 1 aliphatic rings. The average molecular weight is 177 g/mol. The van der Waals surface area contributed by atoms with Crippen molar-refractivity contribution in [2.24, 2.45) is 5.73 Å². The van der Waals surface area contributed by atoms with Crippen molar-refractivity contribution in [2.45, 2.75) is 17.9 Å². The summed E-state index contributed by atoms with van der Waals surface area (Å²) in [6.45, 7) is 0. The van der Waals surface area contributed by atoms with Crippen molar-refractivity contribution in [1.82, 2.24) is 0 Å². The van der Waals surface area contributed by atoms with Crippen molar-refractivity contribution in [1.29, 1.82) is 0 Å². The topological polar surface area (TPSA) is 63.3 Å². The van der Waals surface area contributed by atoms with Crippen LogP contribution < -0.4 is 5.73 Å². The van der Waals surface area contributed by atoms with Crippen molar-refractivity contribution < 1.29 is 9.90 Å². The lowest BCUT2D eigenvalue weighted by atomic mass is 9.95. The smallest absolute Gasteiger partial charge is 0.315 e. The Kier molecular flexibility index (Phi) is 1.63. The van der Waals surface area contributed by atoms with Crippen LogP contribution in [-0.2, 0) is 10.2 Å². The van der Waals surface area contributed by atoms with Crippen LogP contribution in [0.25, 0.3) is 0 Å². The Morgan fingerprint density at radius 1 is 1.46 bits per heavy atom. The Bertz CT molecular complexity index is 336. The molecule has 0 radical (unpaired) electrons. The number of aliphatic carboxylic acids is 1. The maximum atomic E-state index is 11.0. The van der Waals surface area contributed by atoms with Gasteiger partial charge in [-0.2, -0.15) is 0 Å². The van der Waals surface area contributed by atoms with Gasteiger partial charge in [0.2, 0.25) is 0 Å². The minimum atomic E-state index is -0.814. The second-order valence-corrected chi connectivity index (χ2v) is 3.45. The molecule has 13 heavy (non-hydrogen) atoms. The van der Waals surface area contributed by atoms with Gasteiger partial charge in [0.25, 0.3) is 0 Å². The molecule has 0 saturated heterocycles. The summed E-state index contributed by atoms with van der Waals surface area (Å²) in [5.41, 5.74) is 5.66. The van der Waals surface area contributed by atoms with Crippen LogP contribution in [0.5, 0.6) is 0 Å². The first-order valence-corrected chi connectivity index (χ1v) is 4.22. The van der Waals surface area contributed by atoms with Gasteiger partial charge in [0.15, 0.2) is 0 Å². The van der Waals surface area contributed by atoms with Gasteiger partial charge in [0.1, 0.15) is 5.41 Å². The van der Waals surface area contributed by atoms with Gasteiger partial charge in [0.05, 0.1) is 0 Å². The molecule has 2 atom stereocenters. The molecule has 0 aromatic heterocycles. The van der Waals surface area contributed by atoms with Gasteiger partial charge in [0, 0.05) is 6.04 Å². The molecule has 0 unspecified atom stereocenters. The Morgan fingerprint density at radius 3 is 2.38 bits per heavy atom. The molecule has 0 spiro atoms. The summed E-state index contributed by atoms with van der Waals surface area (Å²) >= 11 is 0. The molecule has 1 aromatic rings. The Hall–Kier alpha value is -1.35. The van der Waals surface area contributed by atoms with Crippen molar-refractivity contribution in [2.75, 3.05) is 0 Å². The fourth-order valence-corrected chi connectivity index (χ4v) is 1.72. The molecule has 1 fully saturated rings. The highest BCUT2D eigenvalue weighted by Gasteiger charge is 2.59. The van der Waals surface area contributed by atoms with E-state index in [-0.39, 0.29) is 6.04 Å². The van der Waals surface area contributed by atoms with Crippen molar-refractivity contribution in [3.05, 3.63) is 35.9 Å². The number of benzene rings is 1. The number of hydrogen-bond donors (Lipinski definition) is 2. The van der Waals surface area contributed by atoms with Gasteiger partial charge in [-0.05, 0) is 12.0 Å². The minimum Gasteiger partial charge on any atom is -0.481 e. The first kappa shape index (κ1) is 8.26. The largest absolute Gasteiger partial charge is 0.481 e. The van der Waals surface area contributed by atoms with Gasteiger partial charge in [-0.25, -0.2) is 0 Å². The third-order valence-electron chi connectivity index (χ3n) is 2.69. The highest BCUT2D eigenvalue weighted by Crippen LogP contribution is 2.47. The van der Waals surface area contributed by atoms with Crippen molar-refractivity contribution in [3.63, 3.8) is 0 Å². The normalized spacial score (nSPS) is 31.3. The molecule has 3 heteroatoms. The number of hydrogen-bond acceptors (Lipinski definition) is 2. The molecular formula is C10H11NO2. The first-order valence-electron chi connectivity index (χ1n) is 4.22. The fourth-order valence-electron chi connectivity index (χ4n) is 1.72. The maximum absolute atomic E-state index is 11.0.